The molecule has 0 aromatic carbocycles. The average Bonchev–Trinajstić information content (AvgIpc) is 2.70. The largest absolute Gasteiger partial charge is 0.443 e. The van der Waals surface area contributed by atoms with Gasteiger partial charge in [-0.3, -0.25) is 0 Å². The number of hydrogen-bond acceptors (Lipinski definition) is 3. The number of aromatic nitrogens is 1. The monoisotopic (exact) mass is 264 g/mol. The van der Waals surface area contributed by atoms with E-state index < -0.39 is 11.2 Å². The van der Waals surface area contributed by atoms with Crippen LogP contribution in [0.4, 0.5) is 13.2 Å². The molecule has 1 atom stereocenters. The van der Waals surface area contributed by atoms with Crippen molar-refractivity contribution >= 4 is 11.3 Å². The first-order valence-corrected chi connectivity index (χ1v) is 6.61. The Labute approximate surface area is 102 Å². The minimum atomic E-state index is -4.30. The molecule has 1 N–H and O–H groups in total. The lowest BCUT2D eigenvalue weighted by atomic mass is 9.91. The summed E-state index contributed by atoms with van der Waals surface area (Å²) in [6.07, 6.45) is -1.67. The number of likely N-dealkylation sites (N-methyl/N-ethyl adjacent to an activating group) is 1. The number of nitrogens with one attached hydrogen (secondary N) is 1. The first kappa shape index (κ1) is 12.8. The minimum Gasteiger partial charge on any atom is -0.316 e. The summed E-state index contributed by atoms with van der Waals surface area (Å²) in [5.74, 6) is 0.144. The van der Waals surface area contributed by atoms with Crippen LogP contribution in [0.1, 0.15) is 41.3 Å². The molecule has 1 aromatic rings. The number of thiazole rings is 1. The summed E-state index contributed by atoms with van der Waals surface area (Å²) in [6, 6.07) is 0. The van der Waals surface area contributed by atoms with Gasteiger partial charge in [-0.15, -0.1) is 11.3 Å². The van der Waals surface area contributed by atoms with Gasteiger partial charge in [-0.2, -0.15) is 13.2 Å². The van der Waals surface area contributed by atoms with Crippen LogP contribution in [0.25, 0.3) is 0 Å². The molecule has 0 saturated carbocycles. The summed E-state index contributed by atoms with van der Waals surface area (Å²) in [5.41, 5.74) is 0.675. The molecule has 0 amide bonds. The van der Waals surface area contributed by atoms with Crippen LogP contribution >= 0.6 is 11.3 Å². The molecule has 96 valence electrons. The van der Waals surface area contributed by atoms with Crippen molar-refractivity contribution in [3.8, 4) is 0 Å². The van der Waals surface area contributed by atoms with E-state index in [0.29, 0.717) is 5.69 Å². The molecule has 2 rings (SSSR count). The fourth-order valence-corrected chi connectivity index (χ4v) is 3.20. The number of nitrogens with zero attached hydrogens (tertiary/aromatic N) is 1. The van der Waals surface area contributed by atoms with Gasteiger partial charge >= 0.3 is 6.18 Å². The number of halogens is 3. The third kappa shape index (κ3) is 2.80. The maximum absolute atomic E-state index is 12.6. The zero-order valence-electron chi connectivity index (χ0n) is 9.60. The molecular formula is C11H15F3N2S. The summed E-state index contributed by atoms with van der Waals surface area (Å²) in [5, 5.41) is 2.50. The highest BCUT2D eigenvalue weighted by molar-refractivity contribution is 7.11. The quantitative estimate of drug-likeness (QED) is 0.907. The van der Waals surface area contributed by atoms with Gasteiger partial charge in [0.2, 0.25) is 0 Å². The lowest BCUT2D eigenvalue weighted by Crippen LogP contribution is -2.24. The van der Waals surface area contributed by atoms with Gasteiger partial charge in [0.15, 0.2) is 5.01 Å². The number of fused-ring (bicyclic) bond motifs is 1. The van der Waals surface area contributed by atoms with E-state index in [1.54, 1.807) is 0 Å². The van der Waals surface area contributed by atoms with Gasteiger partial charge in [0.05, 0.1) is 5.69 Å². The molecule has 1 aromatic heterocycles. The zero-order valence-corrected chi connectivity index (χ0v) is 10.4. The van der Waals surface area contributed by atoms with Crippen LogP contribution in [-0.2, 0) is 12.6 Å². The summed E-state index contributed by atoms with van der Waals surface area (Å²) in [6.45, 7) is 3.55. The molecule has 0 radical (unpaired) electrons. The normalized spacial score (nSPS) is 20.4. The fraction of sp³-hybridized carbons (Fsp3) is 0.727. The van der Waals surface area contributed by atoms with Crippen molar-refractivity contribution < 1.29 is 13.2 Å². The Balaban J connectivity index is 2.22. The van der Waals surface area contributed by atoms with Gasteiger partial charge in [0.25, 0.3) is 0 Å². The summed E-state index contributed by atoms with van der Waals surface area (Å²) in [7, 11) is 0. The third-order valence-electron chi connectivity index (χ3n) is 2.95. The topological polar surface area (TPSA) is 24.9 Å². The zero-order chi connectivity index (χ0) is 12.5. The maximum atomic E-state index is 12.6. The van der Waals surface area contributed by atoms with Gasteiger partial charge in [0, 0.05) is 17.3 Å². The minimum absolute atomic E-state index is 0.144. The van der Waals surface area contributed by atoms with Gasteiger partial charge < -0.3 is 5.32 Å². The second kappa shape index (κ2) is 4.94. The van der Waals surface area contributed by atoms with Crippen LogP contribution in [0.15, 0.2) is 0 Å². The number of aryl methyl sites for hydroxylation is 1. The van der Waals surface area contributed by atoms with Crippen molar-refractivity contribution in [2.45, 2.75) is 38.3 Å². The molecule has 6 heteroatoms. The predicted octanol–water partition coefficient (Wildman–Crippen LogP) is 3.19. The predicted molar refractivity (Wildman–Crippen MR) is 61.3 cm³/mol. The van der Waals surface area contributed by atoms with E-state index in [9.17, 15) is 13.2 Å². The van der Waals surface area contributed by atoms with Gasteiger partial charge in [-0.25, -0.2) is 4.98 Å². The van der Waals surface area contributed by atoms with Crippen molar-refractivity contribution in [2.75, 3.05) is 13.1 Å². The van der Waals surface area contributed by atoms with Crippen molar-refractivity contribution in [2.24, 2.45) is 0 Å². The second-order valence-electron chi connectivity index (χ2n) is 4.22. The molecule has 17 heavy (non-hydrogen) atoms. The molecule has 0 aliphatic heterocycles. The Hall–Kier alpha value is -0.620. The van der Waals surface area contributed by atoms with Crippen LogP contribution in [-0.4, -0.2) is 18.1 Å². The highest BCUT2D eigenvalue weighted by atomic mass is 32.1. The lowest BCUT2D eigenvalue weighted by molar-refractivity contribution is -0.137. The summed E-state index contributed by atoms with van der Waals surface area (Å²) < 4.78 is 37.8. The van der Waals surface area contributed by atoms with Crippen LogP contribution in [0, 0.1) is 0 Å². The van der Waals surface area contributed by atoms with Crippen molar-refractivity contribution in [1.82, 2.24) is 10.3 Å². The fourth-order valence-electron chi connectivity index (χ4n) is 2.15. The van der Waals surface area contributed by atoms with E-state index >= 15 is 0 Å². The molecule has 1 aliphatic rings. The molecule has 1 aliphatic carbocycles. The standard InChI is InChI=1S/C11H15F3N2S/c1-2-15-6-7-4-3-5-8-9(7)16-10(17-8)11(12,13)14/h7,15H,2-6H2,1H3. The second-order valence-corrected chi connectivity index (χ2v) is 5.31. The molecule has 1 heterocycles. The van der Waals surface area contributed by atoms with E-state index in [4.69, 9.17) is 0 Å². The Morgan fingerprint density at radius 2 is 2.24 bits per heavy atom. The van der Waals surface area contributed by atoms with Crippen LogP contribution in [0.2, 0.25) is 0 Å². The van der Waals surface area contributed by atoms with E-state index in [1.165, 1.54) is 0 Å². The van der Waals surface area contributed by atoms with Crippen molar-refractivity contribution in [1.29, 1.82) is 0 Å². The van der Waals surface area contributed by atoms with E-state index in [2.05, 4.69) is 10.3 Å². The molecule has 0 saturated heterocycles. The Morgan fingerprint density at radius 1 is 1.47 bits per heavy atom. The average molecular weight is 264 g/mol. The summed E-state index contributed by atoms with van der Waals surface area (Å²) >= 11 is 0.816. The van der Waals surface area contributed by atoms with E-state index in [0.717, 1.165) is 48.6 Å². The SMILES string of the molecule is CCNCC1CCCc2sc(C(F)(F)F)nc21. The molecule has 0 spiro atoms. The molecule has 1 unspecified atom stereocenters. The van der Waals surface area contributed by atoms with Crippen LogP contribution < -0.4 is 5.32 Å². The highest BCUT2D eigenvalue weighted by Gasteiger charge is 2.37. The molecule has 2 nitrogen and oxygen atoms in total. The molecular weight excluding hydrogens is 249 g/mol. The first-order chi connectivity index (χ1) is 8.02. The Morgan fingerprint density at radius 3 is 2.88 bits per heavy atom. The van der Waals surface area contributed by atoms with E-state index in [1.807, 2.05) is 6.92 Å². The molecule has 0 bridgehead atoms. The van der Waals surface area contributed by atoms with Crippen LogP contribution in [0.5, 0.6) is 0 Å². The molecule has 0 fully saturated rings. The van der Waals surface area contributed by atoms with E-state index in [-0.39, 0.29) is 5.92 Å². The lowest BCUT2D eigenvalue weighted by Gasteiger charge is -2.21. The van der Waals surface area contributed by atoms with Crippen molar-refractivity contribution in [3.63, 3.8) is 0 Å². The smallest absolute Gasteiger partial charge is 0.316 e. The third-order valence-corrected chi connectivity index (χ3v) is 4.13. The maximum Gasteiger partial charge on any atom is 0.443 e. The number of alkyl halides is 3. The van der Waals surface area contributed by atoms with Gasteiger partial charge in [-0.05, 0) is 25.8 Å². The van der Waals surface area contributed by atoms with Gasteiger partial charge in [0.1, 0.15) is 0 Å². The van der Waals surface area contributed by atoms with Gasteiger partial charge in [-0.1, -0.05) is 6.92 Å². The summed E-state index contributed by atoms with van der Waals surface area (Å²) in [4.78, 5) is 4.64. The number of rotatable bonds is 3. The van der Waals surface area contributed by atoms with Crippen molar-refractivity contribution in [3.05, 3.63) is 15.6 Å². The Bertz CT molecular complexity index is 387. The highest BCUT2D eigenvalue weighted by Crippen LogP contribution is 2.40. The van der Waals surface area contributed by atoms with Crippen LogP contribution in [0.3, 0.4) is 0 Å². The number of hydrogen-bond donors (Lipinski definition) is 1. The first-order valence-electron chi connectivity index (χ1n) is 5.80. The Kier molecular flexibility index (Phi) is 3.73.